The molecule has 0 spiro atoms. The van der Waals surface area contributed by atoms with Crippen LogP contribution in [0.4, 0.5) is 0 Å². The van der Waals surface area contributed by atoms with Gasteiger partial charge in [-0.3, -0.25) is 9.59 Å². The summed E-state index contributed by atoms with van der Waals surface area (Å²) < 4.78 is 0. The number of benzene rings is 1. The van der Waals surface area contributed by atoms with Gasteiger partial charge in [0.15, 0.2) is 0 Å². The predicted octanol–water partition coefficient (Wildman–Crippen LogP) is 1.84. The molecular weight excluding hydrogens is 206 g/mol. The van der Waals surface area contributed by atoms with Crippen molar-refractivity contribution in [3.05, 3.63) is 35.4 Å². The fraction of sp³-hybridized carbons (Fsp3) is 0.333. The van der Waals surface area contributed by atoms with Crippen molar-refractivity contribution < 1.29 is 14.7 Å². The van der Waals surface area contributed by atoms with Gasteiger partial charge in [-0.05, 0) is 18.6 Å². The zero-order chi connectivity index (χ0) is 12.6. The van der Waals surface area contributed by atoms with E-state index in [0.717, 1.165) is 5.56 Å². The van der Waals surface area contributed by atoms with Crippen LogP contribution in [-0.4, -0.2) is 23.5 Å². The molecule has 0 aliphatic heterocycles. The van der Waals surface area contributed by atoms with Gasteiger partial charge < -0.3 is 10.4 Å². The number of carbonyl (C=O) groups is 2. The molecule has 1 aromatic rings. The molecule has 0 aliphatic carbocycles. The Hall–Kier alpha value is -1.84. The molecule has 0 aromatic heterocycles. The molecule has 88 valence electrons. The molecule has 1 rings (SSSR count). The van der Waals surface area contributed by atoms with Crippen LogP contribution >= 0.6 is 0 Å². The Morgan fingerprint density at radius 2 is 1.81 bits per heavy atom. The van der Waals surface area contributed by atoms with Crippen LogP contribution in [0, 0.1) is 6.92 Å². The Bertz CT molecular complexity index is 361. The van der Waals surface area contributed by atoms with Crippen molar-refractivity contribution in [3.8, 4) is 0 Å². The van der Waals surface area contributed by atoms with Gasteiger partial charge in [0.25, 0.3) is 5.91 Å². The van der Waals surface area contributed by atoms with E-state index < -0.39 is 5.97 Å². The second-order valence-electron chi connectivity index (χ2n) is 2.89. The lowest BCUT2D eigenvalue weighted by Gasteiger charge is -2.04. The van der Waals surface area contributed by atoms with Crippen LogP contribution in [0.5, 0.6) is 0 Å². The Labute approximate surface area is 95.3 Å². The monoisotopic (exact) mass is 223 g/mol. The van der Waals surface area contributed by atoms with Gasteiger partial charge in [-0.15, -0.1) is 0 Å². The highest BCUT2D eigenvalue weighted by atomic mass is 16.4. The third-order valence-corrected chi connectivity index (χ3v) is 1.79. The van der Waals surface area contributed by atoms with Gasteiger partial charge in [-0.25, -0.2) is 0 Å². The molecule has 4 heteroatoms. The molecule has 4 nitrogen and oxygen atoms in total. The highest BCUT2D eigenvalue weighted by Gasteiger charge is 2.08. The lowest BCUT2D eigenvalue weighted by molar-refractivity contribution is -0.135. The van der Waals surface area contributed by atoms with E-state index >= 15 is 0 Å². The Morgan fingerprint density at radius 1 is 1.25 bits per heavy atom. The van der Waals surface area contributed by atoms with E-state index in [1.165, 1.54) is 0 Å². The van der Waals surface area contributed by atoms with Gasteiger partial charge in [0.05, 0.1) is 0 Å². The summed E-state index contributed by atoms with van der Waals surface area (Å²) in [5.41, 5.74) is 1.34. The second kappa shape index (κ2) is 7.45. The fourth-order valence-electron chi connectivity index (χ4n) is 1.08. The predicted molar refractivity (Wildman–Crippen MR) is 62.5 cm³/mol. The molecule has 0 saturated heterocycles. The summed E-state index contributed by atoms with van der Waals surface area (Å²) in [6.45, 7) is 5.45. The average Bonchev–Trinajstić information content (AvgIpc) is 2.29. The molecule has 0 aliphatic rings. The molecule has 0 atom stereocenters. The van der Waals surface area contributed by atoms with Crippen molar-refractivity contribution >= 4 is 11.9 Å². The first kappa shape index (κ1) is 14.2. The van der Waals surface area contributed by atoms with E-state index in [4.69, 9.17) is 5.11 Å². The van der Waals surface area contributed by atoms with Crippen LogP contribution in [0.25, 0.3) is 0 Å². The molecule has 0 unspecified atom stereocenters. The maximum atomic E-state index is 11.4. The van der Waals surface area contributed by atoms with Crippen molar-refractivity contribution in [2.45, 2.75) is 20.8 Å². The van der Waals surface area contributed by atoms with Crippen molar-refractivity contribution in [2.75, 3.05) is 6.54 Å². The van der Waals surface area contributed by atoms with Crippen LogP contribution in [0.2, 0.25) is 0 Å². The fourth-order valence-corrected chi connectivity index (χ4v) is 1.08. The molecule has 0 heterocycles. The molecule has 1 amide bonds. The van der Waals surface area contributed by atoms with E-state index in [9.17, 15) is 9.59 Å². The summed E-state index contributed by atoms with van der Waals surface area (Å²) in [7, 11) is 0. The summed E-state index contributed by atoms with van der Waals surface area (Å²) in [6.07, 6.45) is 0. The lowest BCUT2D eigenvalue weighted by atomic mass is 10.1. The number of aliphatic carboxylic acids is 1. The number of carbonyl (C=O) groups excluding carboxylic acids is 1. The van der Waals surface area contributed by atoms with Crippen LogP contribution < -0.4 is 5.32 Å². The number of carboxylic acid groups (broad SMARTS) is 1. The highest BCUT2D eigenvalue weighted by molar-refractivity contribution is 5.96. The molecule has 0 fully saturated rings. The third kappa shape index (κ3) is 4.59. The van der Waals surface area contributed by atoms with Crippen molar-refractivity contribution in [1.82, 2.24) is 5.32 Å². The Morgan fingerprint density at radius 3 is 2.31 bits per heavy atom. The topological polar surface area (TPSA) is 66.4 Å². The molecular formula is C12H17NO3. The summed E-state index contributed by atoms with van der Waals surface area (Å²) in [6, 6.07) is 7.02. The van der Waals surface area contributed by atoms with Gasteiger partial charge in [-0.2, -0.15) is 0 Å². The van der Waals surface area contributed by atoms with Crippen LogP contribution in [0.1, 0.15) is 29.8 Å². The standard InChI is InChI=1S/C10H11NO3.C2H6/c1-7-4-2-3-5-8(7)10(14)11-6-9(12)13;1-2/h2-5H,6H2,1H3,(H,11,14)(H,12,13);1-2H3. The number of nitrogens with one attached hydrogen (secondary N) is 1. The van der Waals surface area contributed by atoms with Crippen LogP contribution in [-0.2, 0) is 4.79 Å². The lowest BCUT2D eigenvalue weighted by Crippen LogP contribution is -2.29. The first-order valence-corrected chi connectivity index (χ1v) is 5.17. The van der Waals surface area contributed by atoms with E-state index in [0.29, 0.717) is 5.56 Å². The van der Waals surface area contributed by atoms with E-state index in [2.05, 4.69) is 5.32 Å². The largest absolute Gasteiger partial charge is 0.480 e. The second-order valence-corrected chi connectivity index (χ2v) is 2.89. The molecule has 0 radical (unpaired) electrons. The first-order chi connectivity index (χ1) is 7.61. The normalized spacial score (nSPS) is 8.69. The minimum Gasteiger partial charge on any atom is -0.480 e. The quantitative estimate of drug-likeness (QED) is 0.821. The maximum Gasteiger partial charge on any atom is 0.322 e. The van der Waals surface area contributed by atoms with E-state index in [-0.39, 0.29) is 12.5 Å². The zero-order valence-electron chi connectivity index (χ0n) is 9.78. The maximum absolute atomic E-state index is 11.4. The summed E-state index contributed by atoms with van der Waals surface area (Å²) in [5, 5.41) is 10.7. The van der Waals surface area contributed by atoms with Gasteiger partial charge in [0, 0.05) is 5.56 Å². The average molecular weight is 223 g/mol. The van der Waals surface area contributed by atoms with Gasteiger partial charge in [0.2, 0.25) is 0 Å². The van der Waals surface area contributed by atoms with Crippen molar-refractivity contribution in [1.29, 1.82) is 0 Å². The number of carboxylic acids is 1. The first-order valence-electron chi connectivity index (χ1n) is 5.17. The van der Waals surface area contributed by atoms with E-state index in [1.807, 2.05) is 19.9 Å². The van der Waals surface area contributed by atoms with Crippen LogP contribution in [0.15, 0.2) is 24.3 Å². The summed E-state index contributed by atoms with van der Waals surface area (Å²) in [4.78, 5) is 21.6. The number of aryl methyl sites for hydroxylation is 1. The minimum atomic E-state index is -1.05. The highest BCUT2D eigenvalue weighted by Crippen LogP contribution is 2.05. The minimum absolute atomic E-state index is 0.354. The number of amides is 1. The number of rotatable bonds is 3. The molecule has 2 N–H and O–H groups in total. The van der Waals surface area contributed by atoms with E-state index in [1.54, 1.807) is 25.1 Å². The van der Waals surface area contributed by atoms with Crippen molar-refractivity contribution in [2.24, 2.45) is 0 Å². The Balaban J connectivity index is 0.00000106. The van der Waals surface area contributed by atoms with Crippen LogP contribution in [0.3, 0.4) is 0 Å². The number of hydrogen-bond donors (Lipinski definition) is 2. The smallest absolute Gasteiger partial charge is 0.322 e. The molecule has 0 bridgehead atoms. The van der Waals surface area contributed by atoms with Gasteiger partial charge in [0.1, 0.15) is 6.54 Å². The SMILES string of the molecule is CC.Cc1ccccc1C(=O)NCC(=O)O. The molecule has 1 aromatic carbocycles. The summed E-state index contributed by atoms with van der Waals surface area (Å²) in [5.74, 6) is -1.41. The van der Waals surface area contributed by atoms with Gasteiger partial charge in [-0.1, -0.05) is 32.0 Å². The Kier molecular flexibility index (Phi) is 6.59. The van der Waals surface area contributed by atoms with Crippen molar-refractivity contribution in [3.63, 3.8) is 0 Å². The zero-order valence-corrected chi connectivity index (χ0v) is 9.78. The molecule has 0 saturated carbocycles. The van der Waals surface area contributed by atoms with Gasteiger partial charge >= 0.3 is 5.97 Å². The number of hydrogen-bond acceptors (Lipinski definition) is 2. The molecule has 16 heavy (non-hydrogen) atoms. The third-order valence-electron chi connectivity index (χ3n) is 1.79. The summed E-state index contributed by atoms with van der Waals surface area (Å²) >= 11 is 0.